The number of rotatable bonds is 31. The summed E-state index contributed by atoms with van der Waals surface area (Å²) in [6, 6.07) is 0. The van der Waals surface area contributed by atoms with Crippen molar-refractivity contribution in [3.05, 3.63) is 0 Å². The van der Waals surface area contributed by atoms with Crippen LogP contribution < -0.4 is 0 Å². The smallest absolute Gasteiger partial charge is 0.0569 e. The molecule has 0 N–H and O–H groups in total. The van der Waals surface area contributed by atoms with Gasteiger partial charge in [-0.1, -0.05) is 174 Å². The summed E-state index contributed by atoms with van der Waals surface area (Å²) in [7, 11) is 2.14. The molecule has 2 unspecified atom stereocenters. The van der Waals surface area contributed by atoms with Gasteiger partial charge in [0, 0.05) is 16.5 Å². The van der Waals surface area contributed by atoms with Crippen LogP contribution in [0.2, 0.25) is 0 Å². The molecule has 0 aliphatic rings. The molecule has 0 aromatic rings. The zero-order valence-corrected chi connectivity index (χ0v) is 26.4. The molecule has 0 saturated carbocycles. The fourth-order valence-corrected chi connectivity index (χ4v) is 8.87. The van der Waals surface area contributed by atoms with Crippen LogP contribution in [0.5, 0.6) is 0 Å². The van der Waals surface area contributed by atoms with Crippen molar-refractivity contribution in [1.29, 1.82) is 0 Å². The van der Waals surface area contributed by atoms with Crippen molar-refractivity contribution < 1.29 is 0 Å². The van der Waals surface area contributed by atoms with E-state index in [9.17, 15) is 0 Å². The summed E-state index contributed by atoms with van der Waals surface area (Å²) in [5, 5.41) is 0. The first-order valence-corrected chi connectivity index (χ1v) is 20.3. The molecule has 2 heteroatoms. The van der Waals surface area contributed by atoms with Gasteiger partial charge in [0.05, 0.1) is 6.16 Å². The molecule has 0 heterocycles. The van der Waals surface area contributed by atoms with Crippen molar-refractivity contribution in [3.8, 4) is 0 Å². The van der Waals surface area contributed by atoms with Crippen LogP contribution in [0.4, 0.5) is 0 Å². The van der Waals surface area contributed by atoms with Crippen molar-refractivity contribution in [2.24, 2.45) is 0 Å². The summed E-state index contributed by atoms with van der Waals surface area (Å²) in [6.07, 6.45) is 44.8. The molecular formula is C32H69P2+. The molecule has 0 radical (unpaired) electrons. The monoisotopic (exact) mass is 515 g/mol. The molecule has 2 atom stereocenters. The Kier molecular flexibility index (Phi) is 34.7. The third-order valence-electron chi connectivity index (χ3n) is 7.52. The summed E-state index contributed by atoms with van der Waals surface area (Å²) < 4.78 is 0. The first-order valence-electron chi connectivity index (χ1n) is 16.5. The molecular weight excluding hydrogens is 446 g/mol. The van der Waals surface area contributed by atoms with Crippen molar-refractivity contribution in [2.75, 3.05) is 12.3 Å². The highest BCUT2D eigenvalue weighted by molar-refractivity contribution is 8.11. The molecule has 34 heavy (non-hydrogen) atoms. The topological polar surface area (TPSA) is 0 Å². The van der Waals surface area contributed by atoms with E-state index in [1.54, 1.807) is 18.7 Å². The Balaban J connectivity index is 2.99. The van der Waals surface area contributed by atoms with Gasteiger partial charge in [-0.2, -0.15) is 0 Å². The average molecular weight is 516 g/mol. The second-order valence-corrected chi connectivity index (χ2v) is 15.5. The minimum atomic E-state index is 0.798. The molecule has 0 amide bonds. The van der Waals surface area contributed by atoms with Crippen LogP contribution in [0.25, 0.3) is 0 Å². The second kappa shape index (κ2) is 33.9. The van der Waals surface area contributed by atoms with Crippen LogP contribution in [0.3, 0.4) is 0 Å². The number of hydrogen-bond acceptors (Lipinski definition) is 0. The SMILES string of the molecule is CCCCCCCCCCCCCCCCP[PH2+]CCCCCCCCCCCCCCCC. The van der Waals surface area contributed by atoms with E-state index in [0.717, 1.165) is 8.27 Å². The predicted octanol–water partition coefficient (Wildman–Crippen LogP) is 13.0. The highest BCUT2D eigenvalue weighted by Crippen LogP contribution is 2.38. The van der Waals surface area contributed by atoms with Crippen molar-refractivity contribution in [3.63, 3.8) is 0 Å². The molecule has 0 saturated heterocycles. The Bertz CT molecular complexity index is 299. The first-order chi connectivity index (χ1) is 16.9. The van der Waals surface area contributed by atoms with E-state index in [0.29, 0.717) is 0 Å². The van der Waals surface area contributed by atoms with Crippen LogP contribution in [0.1, 0.15) is 194 Å². The Morgan fingerprint density at radius 1 is 0.324 bits per heavy atom. The normalized spacial score (nSPS) is 12.2. The summed E-state index contributed by atoms with van der Waals surface area (Å²) in [6.45, 7) is 4.62. The van der Waals surface area contributed by atoms with Gasteiger partial charge in [0.1, 0.15) is 0 Å². The van der Waals surface area contributed by atoms with E-state index in [1.807, 2.05) is 0 Å². The quantitative estimate of drug-likeness (QED) is 0.0636. The van der Waals surface area contributed by atoms with E-state index in [4.69, 9.17) is 0 Å². The minimum absolute atomic E-state index is 0.798. The zero-order chi connectivity index (χ0) is 24.6. The molecule has 0 spiro atoms. The van der Waals surface area contributed by atoms with Gasteiger partial charge in [0.25, 0.3) is 0 Å². The van der Waals surface area contributed by atoms with E-state index in [1.165, 1.54) is 182 Å². The summed E-state index contributed by atoms with van der Waals surface area (Å²) in [4.78, 5) is 0. The molecule has 0 rings (SSSR count). The second-order valence-electron chi connectivity index (χ2n) is 11.1. The Labute approximate surface area is 222 Å². The first kappa shape index (κ1) is 34.9. The van der Waals surface area contributed by atoms with Gasteiger partial charge in [-0.05, 0) is 25.4 Å². The predicted molar refractivity (Wildman–Crippen MR) is 168 cm³/mol. The van der Waals surface area contributed by atoms with E-state index in [2.05, 4.69) is 13.8 Å². The molecule has 0 nitrogen and oxygen atoms in total. The van der Waals surface area contributed by atoms with Gasteiger partial charge in [-0.15, -0.1) is 0 Å². The lowest BCUT2D eigenvalue weighted by atomic mass is 10.0. The fraction of sp³-hybridized carbons (Fsp3) is 1.00. The lowest BCUT2D eigenvalue weighted by Crippen LogP contribution is -1.84. The molecule has 0 aliphatic carbocycles. The summed E-state index contributed by atoms with van der Waals surface area (Å²) >= 11 is 0. The van der Waals surface area contributed by atoms with Crippen molar-refractivity contribution >= 4 is 16.5 Å². The van der Waals surface area contributed by atoms with E-state index >= 15 is 0 Å². The van der Waals surface area contributed by atoms with Crippen LogP contribution in [-0.4, -0.2) is 12.3 Å². The maximum absolute atomic E-state index is 2.31. The van der Waals surface area contributed by atoms with Crippen LogP contribution in [0.15, 0.2) is 0 Å². The average Bonchev–Trinajstić information content (AvgIpc) is 2.85. The molecule has 0 aromatic carbocycles. The van der Waals surface area contributed by atoms with E-state index in [-0.39, 0.29) is 0 Å². The van der Waals surface area contributed by atoms with Gasteiger partial charge in [-0.25, -0.2) is 0 Å². The lowest BCUT2D eigenvalue weighted by Gasteiger charge is -2.03. The molecule has 0 bridgehead atoms. The number of hydrogen-bond donors (Lipinski definition) is 0. The van der Waals surface area contributed by atoms with Crippen LogP contribution in [0, 0.1) is 0 Å². The van der Waals surface area contributed by atoms with Gasteiger partial charge < -0.3 is 0 Å². The summed E-state index contributed by atoms with van der Waals surface area (Å²) in [5.41, 5.74) is 0. The molecule has 0 aliphatic heterocycles. The van der Waals surface area contributed by atoms with Crippen LogP contribution in [-0.2, 0) is 0 Å². The maximum Gasteiger partial charge on any atom is 0.0569 e. The van der Waals surface area contributed by atoms with Crippen LogP contribution >= 0.6 is 16.5 Å². The molecule has 0 fully saturated rings. The third kappa shape index (κ3) is 32.9. The minimum Gasteiger partial charge on any atom is -0.0654 e. The molecule has 0 aromatic heterocycles. The van der Waals surface area contributed by atoms with Gasteiger partial charge in [-0.3, -0.25) is 0 Å². The Hall–Kier alpha value is 0.860. The Morgan fingerprint density at radius 3 is 0.912 bits per heavy atom. The van der Waals surface area contributed by atoms with E-state index < -0.39 is 0 Å². The van der Waals surface area contributed by atoms with Crippen molar-refractivity contribution in [2.45, 2.75) is 194 Å². The zero-order valence-electron chi connectivity index (χ0n) is 24.3. The lowest BCUT2D eigenvalue weighted by molar-refractivity contribution is 0.538. The Morgan fingerprint density at radius 2 is 0.588 bits per heavy atom. The third-order valence-corrected chi connectivity index (χ3v) is 11.7. The van der Waals surface area contributed by atoms with Gasteiger partial charge >= 0.3 is 0 Å². The summed E-state index contributed by atoms with van der Waals surface area (Å²) in [5.74, 6) is 0. The standard InChI is InChI=1S/C32H68P2/c1-3-5-7-9-11-13-15-17-19-21-23-25-27-29-31-33-34-32-30-28-26-24-22-20-18-16-14-12-10-8-6-4-2/h33-34H,3-32H2,1-2H3/p+1. The highest BCUT2D eigenvalue weighted by Gasteiger charge is 1.99. The highest BCUT2D eigenvalue weighted by atomic mass is 32.0. The maximum atomic E-state index is 2.31. The fourth-order valence-electron chi connectivity index (χ4n) is 5.07. The molecule has 206 valence electrons. The van der Waals surface area contributed by atoms with Gasteiger partial charge in [0.2, 0.25) is 0 Å². The van der Waals surface area contributed by atoms with Crippen molar-refractivity contribution in [1.82, 2.24) is 0 Å². The largest absolute Gasteiger partial charge is 0.0654 e. The van der Waals surface area contributed by atoms with Gasteiger partial charge in [0.15, 0.2) is 0 Å². The number of unbranched alkanes of at least 4 members (excludes halogenated alkanes) is 26.